The third kappa shape index (κ3) is 3.94. The second kappa shape index (κ2) is 7.61. The molecule has 2 aliphatic rings. The lowest BCUT2D eigenvalue weighted by Gasteiger charge is -2.38. The number of nitriles is 1. The van der Waals surface area contributed by atoms with E-state index in [4.69, 9.17) is 5.26 Å². The van der Waals surface area contributed by atoms with Crippen LogP contribution in [0.3, 0.4) is 0 Å². The predicted molar refractivity (Wildman–Crippen MR) is 78.1 cm³/mol. The van der Waals surface area contributed by atoms with E-state index >= 15 is 0 Å². The Labute approximate surface area is 122 Å². The van der Waals surface area contributed by atoms with Crippen molar-refractivity contribution in [2.24, 2.45) is 5.92 Å². The molecule has 2 rings (SSSR count). The summed E-state index contributed by atoms with van der Waals surface area (Å²) in [5.41, 5.74) is 0. The molecule has 0 aromatic rings. The first-order chi connectivity index (χ1) is 9.74. The monoisotopic (exact) mass is 278 g/mol. The van der Waals surface area contributed by atoms with Gasteiger partial charge in [0.2, 0.25) is 5.91 Å². The normalized spacial score (nSPS) is 22.7. The number of rotatable bonds is 4. The number of hydrogen-bond donors (Lipinski definition) is 0. The second-order valence-electron chi connectivity index (χ2n) is 5.78. The van der Waals surface area contributed by atoms with Crippen LogP contribution in [0, 0.1) is 17.2 Å². The zero-order chi connectivity index (χ0) is 14.4. The van der Waals surface area contributed by atoms with Gasteiger partial charge in [0, 0.05) is 45.1 Å². The molecule has 0 atom stereocenters. The molecule has 2 saturated heterocycles. The Morgan fingerprint density at radius 1 is 1.10 bits per heavy atom. The minimum absolute atomic E-state index is 0.210. The van der Waals surface area contributed by atoms with E-state index in [-0.39, 0.29) is 5.92 Å². The zero-order valence-electron chi connectivity index (χ0n) is 12.6. The molecule has 2 aliphatic heterocycles. The Morgan fingerprint density at radius 3 is 2.30 bits per heavy atom. The van der Waals surface area contributed by atoms with Crippen molar-refractivity contribution in [2.75, 3.05) is 52.4 Å². The Morgan fingerprint density at radius 2 is 1.75 bits per heavy atom. The standard InChI is InChI=1S/C15H26N4O/c1-2-17-10-12-19(13-11-17)15(20)14-4-8-18(9-5-14)7-3-6-16/h14H,2-5,7-13H2,1H3. The van der Waals surface area contributed by atoms with Crippen LogP contribution < -0.4 is 0 Å². The fraction of sp³-hybridized carbons (Fsp3) is 0.867. The summed E-state index contributed by atoms with van der Waals surface area (Å²) in [5.74, 6) is 0.571. The third-order valence-electron chi connectivity index (χ3n) is 4.61. The molecule has 0 radical (unpaired) electrons. The summed E-state index contributed by atoms with van der Waals surface area (Å²) in [7, 11) is 0. The highest BCUT2D eigenvalue weighted by Gasteiger charge is 2.29. The molecule has 0 N–H and O–H groups in total. The van der Waals surface area contributed by atoms with Crippen molar-refractivity contribution in [3.05, 3.63) is 0 Å². The fourth-order valence-corrected chi connectivity index (χ4v) is 3.15. The number of hydrogen-bond acceptors (Lipinski definition) is 4. The minimum Gasteiger partial charge on any atom is -0.340 e. The van der Waals surface area contributed by atoms with Crippen molar-refractivity contribution in [3.63, 3.8) is 0 Å². The van der Waals surface area contributed by atoms with Crippen molar-refractivity contribution in [1.29, 1.82) is 5.26 Å². The van der Waals surface area contributed by atoms with Gasteiger partial charge < -0.3 is 14.7 Å². The number of carbonyl (C=O) groups is 1. The van der Waals surface area contributed by atoms with Gasteiger partial charge >= 0.3 is 0 Å². The Bertz CT molecular complexity index is 349. The lowest BCUT2D eigenvalue weighted by molar-refractivity contribution is -0.138. The summed E-state index contributed by atoms with van der Waals surface area (Å²) in [6.07, 6.45) is 2.51. The highest BCUT2D eigenvalue weighted by Crippen LogP contribution is 2.20. The van der Waals surface area contributed by atoms with Crippen molar-refractivity contribution in [1.82, 2.24) is 14.7 Å². The van der Waals surface area contributed by atoms with E-state index in [0.717, 1.165) is 65.2 Å². The largest absolute Gasteiger partial charge is 0.340 e. The van der Waals surface area contributed by atoms with Gasteiger partial charge in [-0.3, -0.25) is 4.79 Å². The number of likely N-dealkylation sites (tertiary alicyclic amines) is 1. The number of amides is 1. The maximum Gasteiger partial charge on any atom is 0.225 e. The highest BCUT2D eigenvalue weighted by molar-refractivity contribution is 5.79. The molecule has 0 aromatic carbocycles. The molecule has 0 saturated carbocycles. The molecular weight excluding hydrogens is 252 g/mol. The van der Waals surface area contributed by atoms with Crippen LogP contribution in [-0.2, 0) is 4.79 Å². The zero-order valence-corrected chi connectivity index (χ0v) is 12.6. The first-order valence-corrected chi connectivity index (χ1v) is 7.85. The van der Waals surface area contributed by atoms with Crippen LogP contribution in [0.15, 0.2) is 0 Å². The first-order valence-electron chi connectivity index (χ1n) is 7.85. The maximum absolute atomic E-state index is 12.5. The van der Waals surface area contributed by atoms with E-state index in [1.165, 1.54) is 0 Å². The van der Waals surface area contributed by atoms with Gasteiger partial charge in [-0.25, -0.2) is 0 Å². The summed E-state index contributed by atoms with van der Waals surface area (Å²) >= 11 is 0. The van der Waals surface area contributed by atoms with E-state index in [1.807, 2.05) is 0 Å². The molecule has 2 heterocycles. The van der Waals surface area contributed by atoms with Gasteiger partial charge in [-0.05, 0) is 32.5 Å². The third-order valence-corrected chi connectivity index (χ3v) is 4.61. The molecule has 0 aromatic heterocycles. The smallest absolute Gasteiger partial charge is 0.225 e. The van der Waals surface area contributed by atoms with Crippen LogP contribution >= 0.6 is 0 Å². The lowest BCUT2D eigenvalue weighted by atomic mass is 9.95. The topological polar surface area (TPSA) is 50.6 Å². The summed E-state index contributed by atoms with van der Waals surface area (Å²) in [6.45, 7) is 9.86. The van der Waals surface area contributed by atoms with Gasteiger partial charge in [-0.1, -0.05) is 6.92 Å². The van der Waals surface area contributed by atoms with E-state index < -0.39 is 0 Å². The van der Waals surface area contributed by atoms with Crippen LogP contribution in [0.4, 0.5) is 0 Å². The quantitative estimate of drug-likeness (QED) is 0.762. The van der Waals surface area contributed by atoms with E-state index in [2.05, 4.69) is 27.7 Å². The highest BCUT2D eigenvalue weighted by atomic mass is 16.2. The molecule has 1 amide bonds. The molecule has 0 spiro atoms. The van der Waals surface area contributed by atoms with E-state index in [0.29, 0.717) is 12.3 Å². The molecule has 0 aliphatic carbocycles. The van der Waals surface area contributed by atoms with Gasteiger partial charge in [0.15, 0.2) is 0 Å². The number of likely N-dealkylation sites (N-methyl/N-ethyl adjacent to an activating group) is 1. The fourth-order valence-electron chi connectivity index (χ4n) is 3.15. The average molecular weight is 278 g/mol. The Kier molecular flexibility index (Phi) is 5.81. The van der Waals surface area contributed by atoms with Gasteiger partial charge in [-0.15, -0.1) is 0 Å². The second-order valence-corrected chi connectivity index (χ2v) is 5.78. The van der Waals surface area contributed by atoms with Gasteiger partial charge in [0.05, 0.1) is 6.07 Å². The molecule has 0 unspecified atom stereocenters. The van der Waals surface area contributed by atoms with E-state index in [9.17, 15) is 4.79 Å². The number of nitrogens with zero attached hydrogens (tertiary/aromatic N) is 4. The van der Waals surface area contributed by atoms with Crippen molar-refractivity contribution < 1.29 is 4.79 Å². The van der Waals surface area contributed by atoms with Gasteiger partial charge in [-0.2, -0.15) is 5.26 Å². The van der Waals surface area contributed by atoms with E-state index in [1.54, 1.807) is 0 Å². The van der Waals surface area contributed by atoms with Crippen molar-refractivity contribution in [3.8, 4) is 6.07 Å². The molecular formula is C15H26N4O. The van der Waals surface area contributed by atoms with Gasteiger partial charge in [0.1, 0.15) is 0 Å². The lowest BCUT2D eigenvalue weighted by Crippen LogP contribution is -2.51. The minimum atomic E-state index is 0.210. The summed E-state index contributed by atoms with van der Waals surface area (Å²) in [5, 5.41) is 8.61. The molecule has 5 heteroatoms. The van der Waals surface area contributed by atoms with Crippen LogP contribution in [0.5, 0.6) is 0 Å². The summed E-state index contributed by atoms with van der Waals surface area (Å²) in [4.78, 5) is 19.3. The molecule has 112 valence electrons. The van der Waals surface area contributed by atoms with Crippen LogP contribution in [0.1, 0.15) is 26.2 Å². The Balaban J connectivity index is 1.73. The Hall–Kier alpha value is -1.12. The summed E-state index contributed by atoms with van der Waals surface area (Å²) < 4.78 is 0. The van der Waals surface area contributed by atoms with Crippen molar-refractivity contribution >= 4 is 5.91 Å². The van der Waals surface area contributed by atoms with Crippen LogP contribution in [0.2, 0.25) is 0 Å². The van der Waals surface area contributed by atoms with Crippen molar-refractivity contribution in [2.45, 2.75) is 26.2 Å². The van der Waals surface area contributed by atoms with Gasteiger partial charge in [0.25, 0.3) is 0 Å². The molecule has 20 heavy (non-hydrogen) atoms. The molecule has 2 fully saturated rings. The molecule has 0 bridgehead atoms. The summed E-state index contributed by atoms with van der Waals surface area (Å²) in [6, 6.07) is 2.19. The number of piperazine rings is 1. The number of piperidine rings is 1. The maximum atomic E-state index is 12.5. The predicted octanol–water partition coefficient (Wildman–Crippen LogP) is 0.776. The number of carbonyl (C=O) groups excluding carboxylic acids is 1. The molecule has 5 nitrogen and oxygen atoms in total. The van der Waals surface area contributed by atoms with Crippen LogP contribution in [-0.4, -0.2) is 73.0 Å². The van der Waals surface area contributed by atoms with Crippen LogP contribution in [0.25, 0.3) is 0 Å². The first kappa shape index (κ1) is 15.3. The SMILES string of the molecule is CCN1CCN(C(=O)C2CCN(CCC#N)CC2)CC1. The average Bonchev–Trinajstić information content (AvgIpc) is 2.53.